The summed E-state index contributed by atoms with van der Waals surface area (Å²) in [7, 11) is -1.25. The van der Waals surface area contributed by atoms with E-state index >= 15 is 0 Å². The van der Waals surface area contributed by atoms with Gasteiger partial charge in [0.25, 0.3) is 0 Å². The van der Waals surface area contributed by atoms with E-state index in [0.717, 1.165) is 31.5 Å². The molecule has 20 heavy (non-hydrogen) atoms. The Kier molecular flexibility index (Phi) is 3.84. The van der Waals surface area contributed by atoms with Crippen molar-refractivity contribution in [3.05, 3.63) is 35.4 Å². The summed E-state index contributed by atoms with van der Waals surface area (Å²) in [5, 5.41) is 3.09. The molecule has 2 fully saturated rings. The van der Waals surface area contributed by atoms with E-state index < -0.39 is 10.0 Å². The molecule has 2 aliphatic rings. The van der Waals surface area contributed by atoms with Crippen LogP contribution in [-0.4, -0.2) is 32.4 Å². The molecule has 1 saturated heterocycles. The summed E-state index contributed by atoms with van der Waals surface area (Å²) in [6.07, 6.45) is 3.32. The third kappa shape index (κ3) is 2.75. The second-order valence-electron chi connectivity index (χ2n) is 6.01. The molecule has 2 unspecified atom stereocenters. The molecule has 3 rings (SSSR count). The molecule has 1 aliphatic heterocycles. The lowest BCUT2D eigenvalue weighted by atomic mass is 10.1. The normalized spacial score (nSPS) is 26.2. The smallest absolute Gasteiger partial charge is 0.218 e. The molecule has 1 aliphatic carbocycles. The van der Waals surface area contributed by atoms with Crippen LogP contribution in [0.15, 0.2) is 24.3 Å². The fourth-order valence-electron chi connectivity index (χ4n) is 3.47. The van der Waals surface area contributed by atoms with E-state index in [9.17, 15) is 8.42 Å². The molecule has 1 saturated carbocycles. The van der Waals surface area contributed by atoms with Crippen LogP contribution in [0.2, 0.25) is 0 Å². The number of hydrogen-bond donors (Lipinski definition) is 1. The maximum atomic E-state index is 12.5. The van der Waals surface area contributed by atoms with E-state index in [1.807, 2.05) is 31.3 Å². The highest BCUT2D eigenvalue weighted by Crippen LogP contribution is 2.39. The molecule has 1 aromatic carbocycles. The lowest BCUT2D eigenvalue weighted by molar-refractivity contribution is 0.333. The lowest BCUT2D eigenvalue weighted by Crippen LogP contribution is -2.38. The number of sulfonamides is 1. The van der Waals surface area contributed by atoms with Crippen molar-refractivity contribution in [3.63, 3.8) is 0 Å². The molecule has 1 heterocycles. The molecule has 1 aromatic rings. The molecule has 0 amide bonds. The van der Waals surface area contributed by atoms with Crippen molar-refractivity contribution >= 4 is 10.0 Å². The van der Waals surface area contributed by atoms with Gasteiger partial charge in [-0.05, 0) is 43.4 Å². The van der Waals surface area contributed by atoms with E-state index in [0.29, 0.717) is 5.92 Å². The van der Waals surface area contributed by atoms with E-state index in [2.05, 4.69) is 5.32 Å². The third-order valence-corrected chi connectivity index (χ3v) is 6.33. The fraction of sp³-hybridized carbons (Fsp3) is 0.600. The second-order valence-corrected chi connectivity index (χ2v) is 7.93. The Morgan fingerprint density at radius 1 is 1.20 bits per heavy atom. The van der Waals surface area contributed by atoms with Gasteiger partial charge in [0.05, 0.1) is 5.75 Å². The lowest BCUT2D eigenvalue weighted by Gasteiger charge is -2.26. The van der Waals surface area contributed by atoms with Gasteiger partial charge in [-0.1, -0.05) is 24.3 Å². The minimum Gasteiger partial charge on any atom is -0.316 e. The fourth-order valence-corrected chi connectivity index (χ4v) is 5.33. The van der Waals surface area contributed by atoms with Gasteiger partial charge in [-0.15, -0.1) is 0 Å². The molecule has 5 heteroatoms. The average molecular weight is 294 g/mol. The van der Waals surface area contributed by atoms with Gasteiger partial charge in [-0.2, -0.15) is 4.31 Å². The molecular formula is C15H22N2O2S. The van der Waals surface area contributed by atoms with Gasteiger partial charge >= 0.3 is 0 Å². The van der Waals surface area contributed by atoms with Crippen LogP contribution >= 0.6 is 0 Å². The first-order valence-corrected chi connectivity index (χ1v) is 8.91. The van der Waals surface area contributed by atoms with Crippen LogP contribution in [0.5, 0.6) is 0 Å². The molecule has 2 bridgehead atoms. The first-order chi connectivity index (χ1) is 9.58. The van der Waals surface area contributed by atoms with Crippen molar-refractivity contribution in [3.8, 4) is 0 Å². The summed E-state index contributed by atoms with van der Waals surface area (Å²) in [5.74, 6) is 0.739. The number of benzene rings is 1. The third-order valence-electron chi connectivity index (χ3n) is 4.47. The molecule has 2 atom stereocenters. The molecule has 0 spiro atoms. The Balaban J connectivity index is 1.70. The topological polar surface area (TPSA) is 49.4 Å². The number of piperidine rings is 1. The quantitative estimate of drug-likeness (QED) is 0.899. The molecule has 0 radical (unpaired) electrons. The zero-order valence-corrected chi connectivity index (χ0v) is 12.7. The van der Waals surface area contributed by atoms with Crippen molar-refractivity contribution in [1.29, 1.82) is 0 Å². The van der Waals surface area contributed by atoms with Gasteiger partial charge < -0.3 is 5.32 Å². The van der Waals surface area contributed by atoms with Crippen LogP contribution in [0.3, 0.4) is 0 Å². The maximum Gasteiger partial charge on any atom is 0.218 e. The second kappa shape index (κ2) is 5.47. The summed E-state index contributed by atoms with van der Waals surface area (Å²) < 4.78 is 26.8. The number of fused-ring (bicyclic) bond motifs is 2. The van der Waals surface area contributed by atoms with Crippen LogP contribution in [-0.2, 0) is 22.3 Å². The minimum atomic E-state index is -3.15. The van der Waals surface area contributed by atoms with E-state index in [1.165, 1.54) is 12.0 Å². The van der Waals surface area contributed by atoms with E-state index in [1.54, 1.807) is 4.31 Å². The van der Waals surface area contributed by atoms with Crippen molar-refractivity contribution in [2.45, 2.75) is 37.6 Å². The van der Waals surface area contributed by atoms with Crippen LogP contribution < -0.4 is 5.32 Å². The molecular weight excluding hydrogens is 272 g/mol. The van der Waals surface area contributed by atoms with E-state index in [-0.39, 0.29) is 11.8 Å². The predicted molar refractivity (Wildman–Crippen MR) is 79.7 cm³/mol. The van der Waals surface area contributed by atoms with Gasteiger partial charge in [0.1, 0.15) is 0 Å². The molecule has 0 aromatic heterocycles. The van der Waals surface area contributed by atoms with Gasteiger partial charge in [-0.25, -0.2) is 8.42 Å². The summed E-state index contributed by atoms with van der Waals surface area (Å²) in [6.45, 7) is 1.55. The Morgan fingerprint density at radius 2 is 1.90 bits per heavy atom. The maximum absolute atomic E-state index is 12.5. The summed E-state index contributed by atoms with van der Waals surface area (Å²) in [4.78, 5) is 0. The standard InChI is InChI=1S/C15H22N2O2S/c1-16-9-12-2-4-13(5-3-12)11-20(18,19)17-10-14-6-7-15(17)8-14/h2-5,14-16H,6-11H2,1H3. The highest BCUT2D eigenvalue weighted by atomic mass is 32.2. The monoisotopic (exact) mass is 294 g/mol. The van der Waals surface area contributed by atoms with Gasteiger partial charge in [0.2, 0.25) is 10.0 Å². The predicted octanol–water partition coefficient (Wildman–Crippen LogP) is 1.72. The molecule has 4 nitrogen and oxygen atoms in total. The Labute approximate surface area is 121 Å². The van der Waals surface area contributed by atoms with Crippen molar-refractivity contribution in [2.24, 2.45) is 5.92 Å². The number of nitrogens with zero attached hydrogens (tertiary/aromatic N) is 1. The minimum absolute atomic E-state index is 0.135. The average Bonchev–Trinajstić information content (AvgIpc) is 3.04. The van der Waals surface area contributed by atoms with Crippen LogP contribution in [0.1, 0.15) is 30.4 Å². The highest BCUT2D eigenvalue weighted by Gasteiger charge is 2.43. The zero-order chi connectivity index (χ0) is 14.2. The summed E-state index contributed by atoms with van der Waals surface area (Å²) in [6, 6.07) is 8.13. The SMILES string of the molecule is CNCc1ccc(CS(=O)(=O)N2CC3CCC2C3)cc1. The first kappa shape index (κ1) is 14.0. The van der Waals surface area contributed by atoms with E-state index in [4.69, 9.17) is 0 Å². The summed E-state index contributed by atoms with van der Waals surface area (Å²) >= 11 is 0. The van der Waals surface area contributed by atoms with Gasteiger partial charge in [-0.3, -0.25) is 0 Å². The van der Waals surface area contributed by atoms with Gasteiger partial charge in [0, 0.05) is 19.1 Å². The van der Waals surface area contributed by atoms with Crippen molar-refractivity contribution < 1.29 is 8.42 Å². The Hall–Kier alpha value is -0.910. The number of hydrogen-bond acceptors (Lipinski definition) is 3. The number of nitrogens with one attached hydrogen (secondary N) is 1. The zero-order valence-electron chi connectivity index (χ0n) is 11.9. The molecule has 1 N–H and O–H groups in total. The first-order valence-electron chi connectivity index (χ1n) is 7.30. The Morgan fingerprint density at radius 3 is 2.45 bits per heavy atom. The van der Waals surface area contributed by atoms with Crippen LogP contribution in [0.25, 0.3) is 0 Å². The van der Waals surface area contributed by atoms with Crippen molar-refractivity contribution in [2.75, 3.05) is 13.6 Å². The summed E-state index contributed by atoms with van der Waals surface area (Å²) in [5.41, 5.74) is 2.06. The largest absolute Gasteiger partial charge is 0.316 e. The van der Waals surface area contributed by atoms with Crippen LogP contribution in [0.4, 0.5) is 0 Å². The Bertz CT molecular complexity index is 568. The van der Waals surface area contributed by atoms with Gasteiger partial charge in [0.15, 0.2) is 0 Å². The molecule has 110 valence electrons. The van der Waals surface area contributed by atoms with Crippen LogP contribution in [0, 0.1) is 5.92 Å². The number of rotatable bonds is 5. The van der Waals surface area contributed by atoms with Crippen molar-refractivity contribution in [1.82, 2.24) is 9.62 Å². The highest BCUT2D eigenvalue weighted by molar-refractivity contribution is 7.88.